The highest BCUT2D eigenvalue weighted by Gasteiger charge is 2.14. The SMILES string of the molecule is [2H]c1c([2H])c(C(C([2H])([2H])[2H])(C([2H])([2H])[2H])C([2H])([2H])[2H])c([2H])c(O)c1O. The molecule has 0 heterocycles. The molecule has 0 radical (unpaired) electrons. The van der Waals surface area contributed by atoms with Crippen LogP contribution in [-0.4, -0.2) is 10.2 Å². The van der Waals surface area contributed by atoms with Crippen molar-refractivity contribution >= 4 is 0 Å². The largest absolute Gasteiger partial charge is 0.504 e. The number of phenols is 2. The molecule has 0 bridgehead atoms. The monoisotopic (exact) mass is 178 g/mol. The van der Waals surface area contributed by atoms with Gasteiger partial charge in [-0.05, 0) is 23.1 Å². The third-order valence-electron chi connectivity index (χ3n) is 1.15. The molecular weight excluding hydrogens is 152 g/mol. The van der Waals surface area contributed by atoms with Crippen LogP contribution in [0.1, 0.15) is 42.6 Å². The van der Waals surface area contributed by atoms with Crippen molar-refractivity contribution in [1.29, 1.82) is 0 Å². The number of benzene rings is 1. The van der Waals surface area contributed by atoms with E-state index in [9.17, 15) is 10.2 Å². The van der Waals surface area contributed by atoms with Crippen molar-refractivity contribution in [3.63, 3.8) is 0 Å². The average Bonchev–Trinajstić information content (AvgIpc) is 2.34. The molecule has 0 unspecified atom stereocenters. The Morgan fingerprint density at radius 3 is 2.50 bits per heavy atom. The summed E-state index contributed by atoms with van der Waals surface area (Å²) in [5, 5.41) is 19.1. The first-order valence-electron chi connectivity index (χ1n) is 8.95. The van der Waals surface area contributed by atoms with Gasteiger partial charge in [-0.3, -0.25) is 0 Å². The number of phenolic OH excluding ortho intramolecular Hbond substituents is 2. The average molecular weight is 178 g/mol. The van der Waals surface area contributed by atoms with Crippen LogP contribution in [0.2, 0.25) is 0 Å². The maximum absolute atomic E-state index is 9.66. The highest BCUT2D eigenvalue weighted by molar-refractivity contribution is 5.42. The summed E-state index contributed by atoms with van der Waals surface area (Å²) in [5.74, 6) is -2.61. The second-order valence-electron chi connectivity index (χ2n) is 2.20. The van der Waals surface area contributed by atoms with Crippen LogP contribution in [0.5, 0.6) is 11.5 Å². The molecule has 0 saturated carbocycles. The van der Waals surface area contributed by atoms with Crippen molar-refractivity contribution in [2.24, 2.45) is 0 Å². The first-order chi connectivity index (χ1) is 10.4. The number of rotatable bonds is 0. The molecule has 2 N–H and O–H groups in total. The fourth-order valence-corrected chi connectivity index (χ4v) is 0.577. The Balaban J connectivity index is 4.27. The maximum atomic E-state index is 9.66. The summed E-state index contributed by atoms with van der Waals surface area (Å²) in [6, 6.07) is -3.78. The van der Waals surface area contributed by atoms with E-state index < -0.39 is 61.2 Å². The zero-order valence-electron chi connectivity index (χ0n) is 17.9. The van der Waals surface area contributed by atoms with Crippen molar-refractivity contribution < 1.29 is 26.7 Å². The van der Waals surface area contributed by atoms with Crippen LogP contribution in [0.4, 0.5) is 0 Å². The third-order valence-corrected chi connectivity index (χ3v) is 1.15. The second kappa shape index (κ2) is 2.70. The van der Waals surface area contributed by atoms with E-state index in [1.54, 1.807) is 0 Å². The van der Waals surface area contributed by atoms with Gasteiger partial charge in [0.1, 0.15) is 0 Å². The Labute approximate surface area is 89.3 Å². The molecule has 0 aliphatic heterocycles. The summed E-state index contributed by atoms with van der Waals surface area (Å²) < 4.78 is 90.6. The normalized spacial score (nSPS) is 29.3. The molecule has 2 heteroatoms. The van der Waals surface area contributed by atoms with Crippen LogP contribution in [-0.2, 0) is 5.41 Å². The smallest absolute Gasteiger partial charge is 0.157 e. The van der Waals surface area contributed by atoms with Crippen LogP contribution < -0.4 is 0 Å². The molecule has 1 rings (SSSR count). The summed E-state index contributed by atoms with van der Waals surface area (Å²) >= 11 is 0. The van der Waals surface area contributed by atoms with E-state index in [1.165, 1.54) is 0 Å². The molecule has 12 heavy (non-hydrogen) atoms. The van der Waals surface area contributed by atoms with Crippen LogP contribution in [0.15, 0.2) is 18.1 Å². The molecular formula is C10H14O2. The van der Waals surface area contributed by atoms with Crippen molar-refractivity contribution in [1.82, 2.24) is 0 Å². The van der Waals surface area contributed by atoms with Crippen molar-refractivity contribution in [2.75, 3.05) is 0 Å². The number of hydrogen-bond donors (Lipinski definition) is 2. The second-order valence-corrected chi connectivity index (χ2v) is 2.20. The lowest BCUT2D eigenvalue weighted by Crippen LogP contribution is -2.10. The molecule has 0 aromatic heterocycles. The molecule has 0 aliphatic rings. The summed E-state index contributed by atoms with van der Waals surface area (Å²) in [6.07, 6.45) is 0. The van der Waals surface area contributed by atoms with Crippen molar-refractivity contribution in [3.8, 4) is 11.5 Å². The Morgan fingerprint density at radius 1 is 1.25 bits per heavy atom. The molecule has 0 aliphatic carbocycles. The van der Waals surface area contributed by atoms with Gasteiger partial charge in [-0.1, -0.05) is 26.6 Å². The third kappa shape index (κ3) is 1.70. The van der Waals surface area contributed by atoms with E-state index in [4.69, 9.17) is 16.4 Å². The highest BCUT2D eigenvalue weighted by Crippen LogP contribution is 2.30. The maximum Gasteiger partial charge on any atom is 0.157 e. The molecule has 0 saturated heterocycles. The minimum absolute atomic E-state index is 1.18. The first-order valence-corrected chi connectivity index (χ1v) is 2.95. The van der Waals surface area contributed by atoms with Gasteiger partial charge in [-0.25, -0.2) is 0 Å². The molecule has 66 valence electrons. The molecule has 0 atom stereocenters. The predicted molar refractivity (Wildman–Crippen MR) is 48.5 cm³/mol. The van der Waals surface area contributed by atoms with Crippen LogP contribution >= 0.6 is 0 Å². The lowest BCUT2D eigenvalue weighted by molar-refractivity contribution is 0.401. The Hall–Kier alpha value is -1.18. The van der Waals surface area contributed by atoms with E-state index in [-0.39, 0.29) is 0 Å². The van der Waals surface area contributed by atoms with E-state index >= 15 is 0 Å². The fourth-order valence-electron chi connectivity index (χ4n) is 0.577. The number of hydrogen-bond acceptors (Lipinski definition) is 2. The highest BCUT2D eigenvalue weighted by atomic mass is 16.3. The predicted octanol–water partition coefficient (Wildman–Crippen LogP) is 2.40. The first kappa shape index (κ1) is 2.00. The van der Waals surface area contributed by atoms with E-state index in [2.05, 4.69) is 0 Å². The summed E-state index contributed by atoms with van der Waals surface area (Å²) in [6.45, 7) is -11.2. The van der Waals surface area contributed by atoms with Gasteiger partial charge in [0.2, 0.25) is 0 Å². The van der Waals surface area contributed by atoms with E-state index in [1.807, 2.05) is 0 Å². The van der Waals surface area contributed by atoms with Gasteiger partial charge in [0.05, 0.1) is 4.11 Å². The summed E-state index contributed by atoms with van der Waals surface area (Å²) in [5.41, 5.74) is -5.06. The zero-order chi connectivity index (χ0) is 19.5. The Bertz CT molecular complexity index is 589. The summed E-state index contributed by atoms with van der Waals surface area (Å²) in [7, 11) is 0. The fraction of sp³-hybridized carbons (Fsp3) is 0.400. The minimum atomic E-state index is -3.75. The van der Waals surface area contributed by atoms with Crippen LogP contribution in [0, 0.1) is 0 Å². The molecule has 0 fully saturated rings. The topological polar surface area (TPSA) is 40.5 Å². The van der Waals surface area contributed by atoms with Gasteiger partial charge >= 0.3 is 0 Å². The van der Waals surface area contributed by atoms with Gasteiger partial charge in [0.25, 0.3) is 0 Å². The van der Waals surface area contributed by atoms with Gasteiger partial charge in [0, 0.05) is 12.3 Å². The molecule has 1 aromatic carbocycles. The van der Waals surface area contributed by atoms with Gasteiger partial charge in [0.15, 0.2) is 11.5 Å². The van der Waals surface area contributed by atoms with Gasteiger partial charge in [-0.15, -0.1) is 0 Å². The molecule has 0 amide bonds. The quantitative estimate of drug-likeness (QED) is 0.599. The molecule has 1 aromatic rings. The van der Waals surface area contributed by atoms with Gasteiger partial charge in [-0.2, -0.15) is 0 Å². The Morgan fingerprint density at radius 2 is 1.92 bits per heavy atom. The van der Waals surface area contributed by atoms with Gasteiger partial charge < -0.3 is 10.2 Å². The molecule has 2 nitrogen and oxygen atoms in total. The van der Waals surface area contributed by atoms with Crippen molar-refractivity contribution in [3.05, 3.63) is 23.7 Å². The summed E-state index contributed by atoms with van der Waals surface area (Å²) in [4.78, 5) is 0. The lowest BCUT2D eigenvalue weighted by atomic mass is 9.87. The number of aromatic hydroxyl groups is 2. The van der Waals surface area contributed by atoms with Crippen molar-refractivity contribution in [2.45, 2.75) is 26.0 Å². The minimum Gasteiger partial charge on any atom is -0.504 e. The molecule has 0 spiro atoms. The van der Waals surface area contributed by atoms with Crippen LogP contribution in [0.3, 0.4) is 0 Å². The Kier molecular flexibility index (Phi) is 0.451. The van der Waals surface area contributed by atoms with E-state index in [0.29, 0.717) is 0 Å². The van der Waals surface area contributed by atoms with E-state index in [0.717, 1.165) is 0 Å². The lowest BCUT2D eigenvalue weighted by Gasteiger charge is -2.19. The zero-order valence-corrected chi connectivity index (χ0v) is 5.89. The van der Waals surface area contributed by atoms with Crippen LogP contribution in [0.25, 0.3) is 0 Å². The standard InChI is InChI=1S/C10H14O2/c1-10(2,3)7-4-5-8(11)9(12)6-7/h4-6,11-12H,1-3H3/i1D3,2D3,3D3,4D,5D,6D.